The molecule has 0 saturated heterocycles. The molecule has 1 aliphatic rings. The molecule has 2 aromatic carbocycles. The molecule has 12 nitrogen and oxygen atoms in total. The standard InChI is InChI=1S/C35H50N4O8S/c1-23-19-39(24(2)22-40)35(41)31-18-29(37-48(42,43)34-26(4)36-47-27(34)5)13-16-32(31)46-25(3)10-8-9-17-45-33(23)21-38(6)20-28-11-14-30(44-7)15-12-28/h11-16,18,23-25,33,37,40H,8-10,17,19-22H2,1-7H3/t23-,24-,25+,33+/m1/s1. The molecule has 48 heavy (non-hydrogen) atoms. The maximum absolute atomic E-state index is 14.4. The number of aliphatic hydroxyl groups is 1. The van der Waals surface area contributed by atoms with Crippen molar-refractivity contribution in [2.24, 2.45) is 5.92 Å². The summed E-state index contributed by atoms with van der Waals surface area (Å²) in [6, 6.07) is 12.1. The van der Waals surface area contributed by atoms with Crippen molar-refractivity contribution >= 4 is 21.6 Å². The van der Waals surface area contributed by atoms with Gasteiger partial charge in [0.1, 0.15) is 17.2 Å². The van der Waals surface area contributed by atoms with Crippen LogP contribution in [0.4, 0.5) is 5.69 Å². The lowest BCUT2D eigenvalue weighted by atomic mass is 10.0. The summed E-state index contributed by atoms with van der Waals surface area (Å²) >= 11 is 0. The Kier molecular flexibility index (Phi) is 12.9. The summed E-state index contributed by atoms with van der Waals surface area (Å²) in [5, 5.41) is 14.0. The average Bonchev–Trinajstić information content (AvgIpc) is 3.40. The Morgan fingerprint density at radius 1 is 1.15 bits per heavy atom. The van der Waals surface area contributed by atoms with Crippen LogP contribution in [0.3, 0.4) is 0 Å². The van der Waals surface area contributed by atoms with Crippen molar-refractivity contribution in [2.75, 3.05) is 45.2 Å². The fourth-order valence-electron chi connectivity index (χ4n) is 5.93. The Morgan fingerprint density at radius 2 is 1.88 bits per heavy atom. The van der Waals surface area contributed by atoms with Crippen LogP contribution in [0.25, 0.3) is 0 Å². The normalized spacial score (nSPS) is 20.5. The van der Waals surface area contributed by atoms with E-state index in [1.807, 2.05) is 38.2 Å². The second-order valence-electron chi connectivity index (χ2n) is 12.8. The van der Waals surface area contributed by atoms with Gasteiger partial charge in [-0.1, -0.05) is 24.2 Å². The molecule has 0 radical (unpaired) electrons. The zero-order valence-corrected chi connectivity index (χ0v) is 29.9. The van der Waals surface area contributed by atoms with Gasteiger partial charge in [-0.05, 0) is 89.9 Å². The van der Waals surface area contributed by atoms with Crippen LogP contribution in [-0.4, -0.2) is 93.1 Å². The summed E-state index contributed by atoms with van der Waals surface area (Å²) in [6.45, 7) is 10.8. The highest BCUT2D eigenvalue weighted by molar-refractivity contribution is 7.92. The van der Waals surface area contributed by atoms with Crippen LogP contribution >= 0.6 is 0 Å². The molecular formula is C35H50N4O8S. The third-order valence-corrected chi connectivity index (χ3v) is 10.3. The Labute approximate surface area is 284 Å². The van der Waals surface area contributed by atoms with Crippen LogP contribution in [0.1, 0.15) is 67.4 Å². The Bertz CT molecular complexity index is 1590. The number of sulfonamides is 1. The van der Waals surface area contributed by atoms with Crippen molar-refractivity contribution < 1.29 is 37.1 Å². The van der Waals surface area contributed by atoms with Crippen molar-refractivity contribution in [1.82, 2.24) is 15.0 Å². The number of rotatable bonds is 10. The quantitative estimate of drug-likeness (QED) is 0.298. The first-order valence-corrected chi connectivity index (χ1v) is 17.9. The van der Waals surface area contributed by atoms with Gasteiger partial charge in [-0.15, -0.1) is 0 Å². The van der Waals surface area contributed by atoms with Crippen molar-refractivity contribution in [3.8, 4) is 11.5 Å². The monoisotopic (exact) mass is 686 g/mol. The van der Waals surface area contributed by atoms with Crippen molar-refractivity contribution in [3.63, 3.8) is 0 Å². The predicted octanol–water partition coefficient (Wildman–Crippen LogP) is 5.03. The number of likely N-dealkylation sites (N-methyl/N-ethyl adjacent to an activating group) is 1. The van der Waals surface area contributed by atoms with Gasteiger partial charge in [0.15, 0.2) is 10.7 Å². The number of carbonyl (C=O) groups is 1. The topological polar surface area (TPSA) is 144 Å². The van der Waals surface area contributed by atoms with Crippen molar-refractivity contribution in [2.45, 2.75) is 83.6 Å². The van der Waals surface area contributed by atoms with E-state index in [1.54, 1.807) is 38.0 Å². The first-order chi connectivity index (χ1) is 22.8. The minimum Gasteiger partial charge on any atom is -0.497 e. The summed E-state index contributed by atoms with van der Waals surface area (Å²) in [5.74, 6) is 0.827. The number of hydrogen-bond acceptors (Lipinski definition) is 10. The van der Waals surface area contributed by atoms with E-state index in [0.717, 1.165) is 30.6 Å². The van der Waals surface area contributed by atoms with Gasteiger partial charge in [0.05, 0.1) is 37.5 Å². The largest absolute Gasteiger partial charge is 0.497 e. The number of aromatic nitrogens is 1. The Hall–Kier alpha value is -3.65. The third kappa shape index (κ3) is 9.49. The highest BCUT2D eigenvalue weighted by atomic mass is 32.2. The van der Waals surface area contributed by atoms with E-state index in [2.05, 4.69) is 21.7 Å². The summed E-state index contributed by atoms with van der Waals surface area (Å²) in [4.78, 5) is 18.2. The molecule has 4 atom stereocenters. The van der Waals surface area contributed by atoms with Crippen LogP contribution < -0.4 is 14.2 Å². The number of anilines is 1. The maximum atomic E-state index is 14.4. The zero-order valence-electron chi connectivity index (χ0n) is 29.1. The van der Waals surface area contributed by atoms with Crippen molar-refractivity contribution in [1.29, 1.82) is 0 Å². The second-order valence-corrected chi connectivity index (χ2v) is 14.4. The highest BCUT2D eigenvalue weighted by Crippen LogP contribution is 2.30. The molecule has 2 N–H and O–H groups in total. The summed E-state index contributed by atoms with van der Waals surface area (Å²) in [7, 11) is -0.369. The molecule has 264 valence electrons. The van der Waals surface area contributed by atoms with E-state index in [-0.39, 0.29) is 58.2 Å². The van der Waals surface area contributed by atoms with Crippen LogP contribution in [-0.2, 0) is 21.3 Å². The molecule has 0 unspecified atom stereocenters. The number of nitrogens with zero attached hydrogens (tertiary/aromatic N) is 3. The minimum absolute atomic E-state index is 0.0499. The molecule has 3 aromatic rings. The molecule has 1 aliphatic heterocycles. The molecule has 0 bridgehead atoms. The fourth-order valence-corrected chi connectivity index (χ4v) is 7.31. The number of benzene rings is 2. The number of nitrogens with one attached hydrogen (secondary N) is 1. The number of ether oxygens (including phenoxy) is 3. The predicted molar refractivity (Wildman–Crippen MR) is 183 cm³/mol. The van der Waals surface area contributed by atoms with E-state index in [0.29, 0.717) is 32.0 Å². The molecule has 13 heteroatoms. The lowest BCUT2D eigenvalue weighted by Gasteiger charge is -2.36. The van der Waals surface area contributed by atoms with Gasteiger partial charge < -0.3 is 28.7 Å². The van der Waals surface area contributed by atoms with Crippen LogP contribution in [0, 0.1) is 19.8 Å². The van der Waals surface area contributed by atoms with Gasteiger partial charge in [0, 0.05) is 37.8 Å². The van der Waals surface area contributed by atoms with E-state index in [1.165, 1.54) is 13.0 Å². The molecule has 0 spiro atoms. The zero-order chi connectivity index (χ0) is 35.0. The number of aliphatic hydroxyl groups excluding tert-OH is 1. The SMILES string of the molecule is COc1ccc(CN(C)C[C@@H]2OCCCC[C@H](C)Oc3ccc(NS(=O)(=O)c4c(C)noc4C)cc3C(=O)N([C@H](C)CO)C[C@H]2C)cc1. The van der Waals surface area contributed by atoms with Gasteiger partial charge in [0.2, 0.25) is 0 Å². The fraction of sp³-hybridized carbons (Fsp3) is 0.543. The number of carbonyl (C=O) groups excluding carboxylic acids is 1. The lowest BCUT2D eigenvalue weighted by Crippen LogP contribution is -2.47. The second kappa shape index (κ2) is 16.6. The van der Waals surface area contributed by atoms with Crippen LogP contribution in [0.5, 0.6) is 11.5 Å². The first-order valence-electron chi connectivity index (χ1n) is 16.4. The molecule has 0 aliphatic carbocycles. The van der Waals surface area contributed by atoms with E-state index in [4.69, 9.17) is 18.7 Å². The molecule has 4 rings (SSSR count). The summed E-state index contributed by atoms with van der Waals surface area (Å²) in [5.41, 5.74) is 1.75. The average molecular weight is 687 g/mol. The van der Waals surface area contributed by atoms with Gasteiger partial charge in [-0.25, -0.2) is 8.42 Å². The first kappa shape index (κ1) is 37.2. The van der Waals surface area contributed by atoms with Crippen molar-refractivity contribution in [3.05, 3.63) is 65.0 Å². The van der Waals surface area contributed by atoms with Gasteiger partial charge in [-0.3, -0.25) is 14.4 Å². The molecular weight excluding hydrogens is 636 g/mol. The van der Waals surface area contributed by atoms with Crippen LogP contribution in [0.2, 0.25) is 0 Å². The lowest BCUT2D eigenvalue weighted by molar-refractivity contribution is -0.0177. The molecule has 2 heterocycles. The Morgan fingerprint density at radius 3 is 2.52 bits per heavy atom. The maximum Gasteiger partial charge on any atom is 0.267 e. The third-order valence-electron chi connectivity index (χ3n) is 8.64. The molecule has 1 amide bonds. The van der Waals surface area contributed by atoms with E-state index >= 15 is 0 Å². The van der Waals surface area contributed by atoms with Gasteiger partial charge in [-0.2, -0.15) is 0 Å². The van der Waals surface area contributed by atoms with E-state index < -0.39 is 16.1 Å². The number of hydrogen-bond donors (Lipinski definition) is 2. The van der Waals surface area contributed by atoms with Gasteiger partial charge >= 0.3 is 0 Å². The number of amides is 1. The summed E-state index contributed by atoms with van der Waals surface area (Å²) < 4.78 is 52.3. The van der Waals surface area contributed by atoms with Crippen LogP contribution in [0.15, 0.2) is 51.9 Å². The minimum atomic E-state index is -4.06. The number of fused-ring (bicyclic) bond motifs is 1. The molecule has 0 saturated carbocycles. The van der Waals surface area contributed by atoms with Gasteiger partial charge in [0.25, 0.3) is 15.9 Å². The highest BCUT2D eigenvalue weighted by Gasteiger charge is 2.31. The number of methoxy groups -OCH3 is 1. The smallest absolute Gasteiger partial charge is 0.267 e. The van der Waals surface area contributed by atoms with E-state index in [9.17, 15) is 18.3 Å². The molecule has 1 aromatic heterocycles. The summed E-state index contributed by atoms with van der Waals surface area (Å²) in [6.07, 6.45) is 2.06. The number of aryl methyl sites for hydroxylation is 2. The Balaban J connectivity index is 1.63. The molecule has 0 fully saturated rings.